The van der Waals surface area contributed by atoms with E-state index in [0.717, 1.165) is 18.0 Å². The maximum atomic E-state index is 13.2. The van der Waals surface area contributed by atoms with Crippen molar-refractivity contribution in [3.63, 3.8) is 0 Å². The normalized spacial score (nSPS) is 21.2. The first-order valence-corrected chi connectivity index (χ1v) is 10.7. The van der Waals surface area contributed by atoms with Crippen LogP contribution in [0, 0.1) is 0 Å². The van der Waals surface area contributed by atoms with Gasteiger partial charge in [-0.05, 0) is 31.5 Å². The predicted octanol–water partition coefficient (Wildman–Crippen LogP) is 2.82. The maximum Gasteiger partial charge on any atom is 0.434 e. The van der Waals surface area contributed by atoms with E-state index in [1.165, 1.54) is 16.7 Å². The van der Waals surface area contributed by atoms with E-state index in [9.17, 15) is 18.0 Å². The molecular weight excluding hydrogens is 449 g/mol. The smallest absolute Gasteiger partial charge is 0.344 e. The van der Waals surface area contributed by atoms with Crippen LogP contribution in [0.4, 0.5) is 19.0 Å². The molecule has 4 aromatic rings. The van der Waals surface area contributed by atoms with Gasteiger partial charge in [0, 0.05) is 43.3 Å². The fourth-order valence-electron chi connectivity index (χ4n) is 4.32. The monoisotopic (exact) mass is 470 g/mol. The van der Waals surface area contributed by atoms with Crippen molar-refractivity contribution < 1.29 is 13.2 Å². The Labute approximate surface area is 191 Å². The zero-order chi connectivity index (χ0) is 24.0. The third kappa shape index (κ3) is 3.89. The molecule has 9 nitrogen and oxygen atoms in total. The number of halogens is 3. The van der Waals surface area contributed by atoms with Crippen LogP contribution in [0.2, 0.25) is 0 Å². The van der Waals surface area contributed by atoms with Crippen molar-refractivity contribution in [3.05, 3.63) is 70.8 Å². The van der Waals surface area contributed by atoms with Crippen molar-refractivity contribution >= 4 is 11.5 Å². The number of hydrogen-bond acceptors (Lipinski definition) is 7. The number of anilines is 1. The molecule has 3 atom stereocenters. The SMILES string of the molecule is CC1NCC(C)N(c2ccnc(-c3cnc4cnc(C(F)(F)F)cn34)n2)C1c1ccc(=O)[nH]c1. The topological polar surface area (TPSA) is 104 Å². The van der Waals surface area contributed by atoms with E-state index in [2.05, 4.69) is 37.1 Å². The van der Waals surface area contributed by atoms with Gasteiger partial charge in [0.15, 0.2) is 17.2 Å². The minimum absolute atomic E-state index is 0.0386. The Kier molecular flexibility index (Phi) is 5.31. The molecule has 3 unspecified atom stereocenters. The largest absolute Gasteiger partial charge is 0.434 e. The molecule has 1 aliphatic heterocycles. The molecule has 1 saturated heterocycles. The van der Waals surface area contributed by atoms with Crippen molar-refractivity contribution in [2.45, 2.75) is 38.1 Å². The number of rotatable bonds is 3. The van der Waals surface area contributed by atoms with E-state index in [1.54, 1.807) is 24.5 Å². The Morgan fingerprint density at radius 3 is 2.65 bits per heavy atom. The molecule has 176 valence electrons. The minimum atomic E-state index is -4.59. The summed E-state index contributed by atoms with van der Waals surface area (Å²) in [6.07, 6.45) is 2.07. The molecule has 1 aliphatic rings. The lowest BCUT2D eigenvalue weighted by atomic mass is 9.95. The molecule has 0 saturated carbocycles. The third-order valence-corrected chi connectivity index (χ3v) is 5.95. The highest BCUT2D eigenvalue weighted by Gasteiger charge is 2.36. The Morgan fingerprint density at radius 2 is 1.91 bits per heavy atom. The van der Waals surface area contributed by atoms with Crippen molar-refractivity contribution in [1.82, 2.24) is 34.6 Å². The molecule has 2 N–H and O–H groups in total. The highest BCUT2D eigenvalue weighted by Crippen LogP contribution is 2.34. The van der Waals surface area contributed by atoms with Crippen LogP contribution in [-0.2, 0) is 6.18 Å². The minimum Gasteiger partial charge on any atom is -0.344 e. The Hall–Kier alpha value is -3.80. The van der Waals surface area contributed by atoms with Crippen molar-refractivity contribution in [3.8, 4) is 11.5 Å². The lowest BCUT2D eigenvalue weighted by Gasteiger charge is -2.45. The number of nitrogens with zero attached hydrogens (tertiary/aromatic N) is 6. The lowest BCUT2D eigenvalue weighted by molar-refractivity contribution is -0.141. The van der Waals surface area contributed by atoms with Gasteiger partial charge in [-0.3, -0.25) is 9.20 Å². The molecule has 0 spiro atoms. The van der Waals surface area contributed by atoms with Gasteiger partial charge in [0.1, 0.15) is 11.5 Å². The Bertz CT molecular complexity index is 1380. The summed E-state index contributed by atoms with van der Waals surface area (Å²) in [4.78, 5) is 33.1. The van der Waals surface area contributed by atoms with Crippen LogP contribution in [0.3, 0.4) is 0 Å². The lowest BCUT2D eigenvalue weighted by Crippen LogP contribution is -2.56. The van der Waals surface area contributed by atoms with Crippen LogP contribution in [-0.4, -0.2) is 47.9 Å². The number of nitrogens with one attached hydrogen (secondary N) is 2. The van der Waals surface area contributed by atoms with E-state index < -0.39 is 11.9 Å². The molecule has 4 aromatic heterocycles. The van der Waals surface area contributed by atoms with Crippen molar-refractivity contribution in [2.75, 3.05) is 11.4 Å². The molecule has 0 radical (unpaired) electrons. The zero-order valence-electron chi connectivity index (χ0n) is 18.3. The number of fused-ring (bicyclic) bond motifs is 1. The van der Waals surface area contributed by atoms with Gasteiger partial charge in [-0.15, -0.1) is 0 Å². The van der Waals surface area contributed by atoms with E-state index in [4.69, 9.17) is 4.98 Å². The molecule has 0 bridgehead atoms. The fraction of sp³-hybridized carbons (Fsp3) is 0.318. The van der Waals surface area contributed by atoms with Crippen LogP contribution in [0.5, 0.6) is 0 Å². The van der Waals surface area contributed by atoms with Crippen LogP contribution in [0.1, 0.15) is 31.1 Å². The summed E-state index contributed by atoms with van der Waals surface area (Å²) in [5.74, 6) is 0.852. The summed E-state index contributed by atoms with van der Waals surface area (Å²) in [6.45, 7) is 4.80. The number of aromatic nitrogens is 6. The van der Waals surface area contributed by atoms with Gasteiger partial charge in [-0.1, -0.05) is 0 Å². The van der Waals surface area contributed by atoms with Crippen LogP contribution in [0.15, 0.2) is 54.0 Å². The van der Waals surface area contributed by atoms with Crippen LogP contribution >= 0.6 is 0 Å². The summed E-state index contributed by atoms with van der Waals surface area (Å²) in [6, 6.07) is 4.96. The van der Waals surface area contributed by atoms with Gasteiger partial charge in [0.25, 0.3) is 0 Å². The third-order valence-electron chi connectivity index (χ3n) is 5.95. The molecule has 0 aromatic carbocycles. The van der Waals surface area contributed by atoms with Gasteiger partial charge < -0.3 is 15.2 Å². The summed E-state index contributed by atoms with van der Waals surface area (Å²) in [5, 5.41) is 3.48. The first-order valence-electron chi connectivity index (χ1n) is 10.7. The predicted molar refractivity (Wildman–Crippen MR) is 118 cm³/mol. The zero-order valence-corrected chi connectivity index (χ0v) is 18.3. The molecule has 5 heterocycles. The number of pyridine rings is 1. The Balaban J connectivity index is 1.59. The molecule has 12 heteroatoms. The quantitative estimate of drug-likeness (QED) is 0.475. The molecule has 5 rings (SSSR count). The van der Waals surface area contributed by atoms with Crippen molar-refractivity contribution in [2.24, 2.45) is 0 Å². The number of alkyl halides is 3. The second-order valence-corrected chi connectivity index (χ2v) is 8.26. The molecule has 0 amide bonds. The van der Waals surface area contributed by atoms with Gasteiger partial charge in [-0.25, -0.2) is 19.9 Å². The maximum absolute atomic E-state index is 13.2. The van der Waals surface area contributed by atoms with Crippen LogP contribution in [0.25, 0.3) is 17.2 Å². The number of piperazine rings is 1. The highest BCUT2D eigenvalue weighted by atomic mass is 19.4. The first-order chi connectivity index (χ1) is 16.2. The van der Waals surface area contributed by atoms with Crippen LogP contribution < -0.4 is 15.8 Å². The van der Waals surface area contributed by atoms with Crippen molar-refractivity contribution in [1.29, 1.82) is 0 Å². The number of hydrogen-bond donors (Lipinski definition) is 2. The molecule has 1 fully saturated rings. The highest BCUT2D eigenvalue weighted by molar-refractivity contribution is 5.59. The van der Waals surface area contributed by atoms with Gasteiger partial charge in [0.05, 0.1) is 18.4 Å². The molecule has 0 aliphatic carbocycles. The second-order valence-electron chi connectivity index (χ2n) is 8.26. The van der Waals surface area contributed by atoms with E-state index >= 15 is 0 Å². The number of imidazole rings is 1. The van der Waals surface area contributed by atoms with E-state index in [-0.39, 0.29) is 35.2 Å². The summed E-state index contributed by atoms with van der Waals surface area (Å²) >= 11 is 0. The van der Waals surface area contributed by atoms with E-state index in [1.807, 2.05) is 6.92 Å². The average molecular weight is 470 g/mol. The van der Waals surface area contributed by atoms with E-state index in [0.29, 0.717) is 18.1 Å². The van der Waals surface area contributed by atoms with Gasteiger partial charge in [-0.2, -0.15) is 13.2 Å². The number of H-pyrrole nitrogens is 1. The standard InChI is InChI=1S/C22H21F3N8O/c1-12-7-27-13(2)20(14-3-4-19(34)30-8-14)33(12)17-5-6-26-21(31-17)15-9-29-18-10-28-16(11-32(15)18)22(23,24)25/h3-6,8-13,20,27H,7H2,1-2H3,(H,30,34). The summed E-state index contributed by atoms with van der Waals surface area (Å²) in [5.41, 5.74) is 0.262. The molecular formula is C22H21F3N8O. The second kappa shape index (κ2) is 8.20. The summed E-state index contributed by atoms with van der Waals surface area (Å²) < 4.78 is 40.9. The fourth-order valence-corrected chi connectivity index (χ4v) is 4.32. The Morgan fingerprint density at radius 1 is 1.09 bits per heavy atom. The van der Waals surface area contributed by atoms with Gasteiger partial charge in [0.2, 0.25) is 5.56 Å². The number of aromatic amines is 1. The van der Waals surface area contributed by atoms with Gasteiger partial charge >= 0.3 is 6.18 Å². The summed E-state index contributed by atoms with van der Waals surface area (Å²) in [7, 11) is 0. The molecule has 34 heavy (non-hydrogen) atoms. The average Bonchev–Trinajstić information content (AvgIpc) is 3.24. The first kappa shape index (κ1) is 22.0.